The number of hydrogen-bond acceptors (Lipinski definition) is 3. The normalized spacial score (nSPS) is 18.4. The summed E-state index contributed by atoms with van der Waals surface area (Å²) in [4.78, 5) is 13.6. The maximum absolute atomic E-state index is 11.9. The van der Waals surface area contributed by atoms with Gasteiger partial charge in [-0.3, -0.25) is 0 Å². The minimum atomic E-state index is -0.294. The number of amides is 1. The van der Waals surface area contributed by atoms with Crippen molar-refractivity contribution in [3.05, 3.63) is 48.0 Å². The largest absolute Gasteiger partial charge is 0.445 e. The molecule has 0 aliphatic carbocycles. The highest BCUT2D eigenvalue weighted by Crippen LogP contribution is 2.23. The number of carbonyl (C=O) groups is 1. The number of rotatable bonds is 4. The molecule has 1 aliphatic rings. The lowest BCUT2D eigenvalue weighted by atomic mass is 10.0. The zero-order valence-electron chi connectivity index (χ0n) is 10.9. The van der Waals surface area contributed by atoms with Gasteiger partial charge in [0.2, 0.25) is 0 Å². The fraction of sp³-hybridized carbons (Fsp3) is 0.400. The van der Waals surface area contributed by atoms with Crippen molar-refractivity contribution in [3.63, 3.8) is 0 Å². The van der Waals surface area contributed by atoms with Crippen molar-refractivity contribution >= 4 is 6.09 Å². The van der Waals surface area contributed by atoms with Gasteiger partial charge in [-0.2, -0.15) is 0 Å². The first-order valence-corrected chi connectivity index (χ1v) is 6.45. The third kappa shape index (κ3) is 3.58. The molecule has 0 bridgehead atoms. The van der Waals surface area contributed by atoms with Gasteiger partial charge in [-0.1, -0.05) is 36.9 Å². The molecular weight excluding hydrogens is 242 g/mol. The summed E-state index contributed by atoms with van der Waals surface area (Å²) in [6, 6.07) is 9.61. The third-order valence-corrected chi connectivity index (χ3v) is 3.43. The summed E-state index contributed by atoms with van der Waals surface area (Å²) in [7, 11) is 0. The van der Waals surface area contributed by atoms with E-state index in [1.807, 2.05) is 30.3 Å². The Labute approximate surface area is 113 Å². The van der Waals surface area contributed by atoms with Crippen LogP contribution in [-0.2, 0) is 11.3 Å². The molecule has 1 aromatic carbocycles. The summed E-state index contributed by atoms with van der Waals surface area (Å²) in [6.45, 7) is 5.35. The van der Waals surface area contributed by atoms with Crippen LogP contribution in [-0.4, -0.2) is 35.8 Å². The summed E-state index contributed by atoms with van der Waals surface area (Å²) in [5, 5.41) is 9.04. The second kappa shape index (κ2) is 6.38. The van der Waals surface area contributed by atoms with Crippen molar-refractivity contribution in [2.45, 2.75) is 13.0 Å². The topological polar surface area (TPSA) is 49.8 Å². The van der Waals surface area contributed by atoms with Crippen LogP contribution < -0.4 is 0 Å². The highest BCUT2D eigenvalue weighted by atomic mass is 16.6. The maximum Gasteiger partial charge on any atom is 0.410 e. The number of likely N-dealkylation sites (tertiary alicyclic amines) is 1. The van der Waals surface area contributed by atoms with Crippen molar-refractivity contribution in [2.75, 3.05) is 19.7 Å². The van der Waals surface area contributed by atoms with Gasteiger partial charge in [-0.15, -0.1) is 0 Å². The first kappa shape index (κ1) is 13.6. The summed E-state index contributed by atoms with van der Waals surface area (Å²) < 4.78 is 5.27. The zero-order valence-corrected chi connectivity index (χ0v) is 10.9. The standard InChI is InChI=1S/C15H19NO3/c1-12(10-17)14-7-8-16(9-14)15(18)19-11-13-5-3-2-4-6-13/h2-6,14,17H,1,7-11H2/t14-/m0/s1. The van der Waals surface area contributed by atoms with Gasteiger partial charge < -0.3 is 14.7 Å². The van der Waals surface area contributed by atoms with Crippen LogP contribution in [0.3, 0.4) is 0 Å². The van der Waals surface area contributed by atoms with E-state index < -0.39 is 0 Å². The lowest BCUT2D eigenvalue weighted by Gasteiger charge is -2.16. The van der Waals surface area contributed by atoms with Gasteiger partial charge in [-0.05, 0) is 17.6 Å². The zero-order chi connectivity index (χ0) is 13.7. The molecule has 0 aromatic heterocycles. The molecule has 1 aliphatic heterocycles. The van der Waals surface area contributed by atoms with Crippen LogP contribution in [0, 0.1) is 5.92 Å². The summed E-state index contributed by atoms with van der Waals surface area (Å²) in [6.07, 6.45) is 0.553. The van der Waals surface area contributed by atoms with E-state index in [1.165, 1.54) is 0 Å². The molecule has 1 saturated heterocycles. The molecule has 4 heteroatoms. The molecule has 0 spiro atoms. The number of carbonyl (C=O) groups excluding carboxylic acids is 1. The highest BCUT2D eigenvalue weighted by Gasteiger charge is 2.28. The molecule has 1 N–H and O–H groups in total. The summed E-state index contributed by atoms with van der Waals surface area (Å²) in [5.74, 6) is 0.189. The van der Waals surface area contributed by atoms with E-state index in [-0.39, 0.29) is 18.6 Å². The minimum absolute atomic E-state index is 0.0163. The van der Waals surface area contributed by atoms with Gasteiger partial charge in [0, 0.05) is 19.0 Å². The number of aliphatic hydroxyl groups excluding tert-OH is 1. The second-order valence-corrected chi connectivity index (χ2v) is 4.79. The van der Waals surface area contributed by atoms with Gasteiger partial charge in [0.1, 0.15) is 6.61 Å². The van der Waals surface area contributed by atoms with Crippen LogP contribution in [0.15, 0.2) is 42.5 Å². The Kier molecular flexibility index (Phi) is 4.58. The number of benzene rings is 1. The predicted octanol–water partition coefficient (Wildman–Crippen LogP) is 2.19. The quantitative estimate of drug-likeness (QED) is 0.845. The van der Waals surface area contributed by atoms with Crippen LogP contribution in [0.25, 0.3) is 0 Å². The molecule has 0 unspecified atom stereocenters. The summed E-state index contributed by atoms with van der Waals surface area (Å²) >= 11 is 0. The highest BCUT2D eigenvalue weighted by molar-refractivity contribution is 5.68. The molecular formula is C15H19NO3. The Morgan fingerprint density at radius 3 is 2.84 bits per heavy atom. The molecule has 4 nitrogen and oxygen atoms in total. The van der Waals surface area contributed by atoms with Crippen molar-refractivity contribution in [1.29, 1.82) is 0 Å². The van der Waals surface area contributed by atoms with E-state index in [2.05, 4.69) is 6.58 Å². The van der Waals surface area contributed by atoms with Crippen molar-refractivity contribution in [2.24, 2.45) is 5.92 Å². The van der Waals surface area contributed by atoms with Crippen molar-refractivity contribution < 1.29 is 14.6 Å². The Morgan fingerprint density at radius 1 is 1.42 bits per heavy atom. The Morgan fingerprint density at radius 2 is 2.16 bits per heavy atom. The van der Waals surface area contributed by atoms with E-state index in [0.717, 1.165) is 17.6 Å². The van der Waals surface area contributed by atoms with Gasteiger partial charge in [0.15, 0.2) is 0 Å². The molecule has 19 heavy (non-hydrogen) atoms. The number of aliphatic hydroxyl groups is 1. The molecule has 1 amide bonds. The first-order chi connectivity index (χ1) is 9.20. The molecule has 1 atom stereocenters. The van der Waals surface area contributed by atoms with Crippen LogP contribution >= 0.6 is 0 Å². The first-order valence-electron chi connectivity index (χ1n) is 6.45. The van der Waals surface area contributed by atoms with Crippen LogP contribution in [0.2, 0.25) is 0 Å². The van der Waals surface area contributed by atoms with Crippen LogP contribution in [0.5, 0.6) is 0 Å². The Bertz CT molecular complexity index is 444. The molecule has 102 valence electrons. The molecule has 2 rings (SSSR count). The average Bonchev–Trinajstić information content (AvgIpc) is 2.95. The Hall–Kier alpha value is -1.81. The van der Waals surface area contributed by atoms with Gasteiger partial charge >= 0.3 is 6.09 Å². The minimum Gasteiger partial charge on any atom is -0.445 e. The lowest BCUT2D eigenvalue weighted by molar-refractivity contribution is 0.103. The van der Waals surface area contributed by atoms with Crippen molar-refractivity contribution in [1.82, 2.24) is 4.90 Å². The van der Waals surface area contributed by atoms with E-state index >= 15 is 0 Å². The lowest BCUT2D eigenvalue weighted by Crippen LogP contribution is -2.29. The van der Waals surface area contributed by atoms with E-state index in [4.69, 9.17) is 9.84 Å². The molecule has 0 saturated carbocycles. The predicted molar refractivity (Wildman–Crippen MR) is 72.5 cm³/mol. The fourth-order valence-corrected chi connectivity index (χ4v) is 2.20. The van der Waals surface area contributed by atoms with Crippen molar-refractivity contribution in [3.8, 4) is 0 Å². The smallest absolute Gasteiger partial charge is 0.410 e. The summed E-state index contributed by atoms with van der Waals surface area (Å²) in [5.41, 5.74) is 1.77. The third-order valence-electron chi connectivity index (χ3n) is 3.43. The van der Waals surface area contributed by atoms with Crippen LogP contribution in [0.4, 0.5) is 4.79 Å². The van der Waals surface area contributed by atoms with Gasteiger partial charge in [0.05, 0.1) is 6.61 Å². The van der Waals surface area contributed by atoms with Gasteiger partial charge in [0.25, 0.3) is 0 Å². The number of hydrogen-bond donors (Lipinski definition) is 1. The van der Waals surface area contributed by atoms with E-state index in [1.54, 1.807) is 4.90 Å². The molecule has 1 aromatic rings. The number of ether oxygens (including phenoxy) is 1. The maximum atomic E-state index is 11.9. The average molecular weight is 261 g/mol. The number of nitrogens with zero attached hydrogens (tertiary/aromatic N) is 1. The molecule has 1 fully saturated rings. The SMILES string of the molecule is C=C(CO)[C@H]1CCN(C(=O)OCc2ccccc2)C1. The molecule has 1 heterocycles. The van der Waals surface area contributed by atoms with E-state index in [0.29, 0.717) is 19.7 Å². The van der Waals surface area contributed by atoms with Crippen LogP contribution in [0.1, 0.15) is 12.0 Å². The second-order valence-electron chi connectivity index (χ2n) is 4.79. The monoisotopic (exact) mass is 261 g/mol. The van der Waals surface area contributed by atoms with E-state index in [9.17, 15) is 4.79 Å². The van der Waals surface area contributed by atoms with Gasteiger partial charge in [-0.25, -0.2) is 4.79 Å². The Balaban J connectivity index is 1.80. The fourth-order valence-electron chi connectivity index (χ4n) is 2.20. The molecule has 0 radical (unpaired) electrons.